The summed E-state index contributed by atoms with van der Waals surface area (Å²) in [5, 5.41) is 3.61. The molecule has 5 nitrogen and oxygen atoms in total. The summed E-state index contributed by atoms with van der Waals surface area (Å²) in [5.41, 5.74) is 6.06. The molecule has 1 heterocycles. The number of rotatable bonds is 5. The van der Waals surface area contributed by atoms with Crippen molar-refractivity contribution in [2.45, 2.75) is 18.9 Å². The van der Waals surface area contributed by atoms with Gasteiger partial charge in [-0.3, -0.25) is 9.59 Å². The lowest BCUT2D eigenvalue weighted by Gasteiger charge is -2.18. The standard InChI is InChI=1S/C14H16Cl2N2O3/c15-10-2-1-8(11(16)6-10)5-12(13(17)19)18-14(20)9-3-4-21-7-9/h1-2,6,9,12H,3-5,7H2,(H2,17,19)(H,18,20)/t9-,12+/m0/s1. The predicted molar refractivity (Wildman–Crippen MR) is 80.2 cm³/mol. The van der Waals surface area contributed by atoms with Gasteiger partial charge in [0.05, 0.1) is 12.5 Å². The van der Waals surface area contributed by atoms with Crippen LogP contribution in [0.5, 0.6) is 0 Å². The van der Waals surface area contributed by atoms with Gasteiger partial charge < -0.3 is 15.8 Å². The monoisotopic (exact) mass is 330 g/mol. The lowest BCUT2D eigenvalue weighted by molar-refractivity contribution is -0.129. The Hall–Kier alpha value is -1.30. The molecule has 0 aliphatic carbocycles. The zero-order valence-corrected chi connectivity index (χ0v) is 12.8. The lowest BCUT2D eigenvalue weighted by Crippen LogP contribution is -2.48. The first-order chi connectivity index (χ1) is 9.97. The van der Waals surface area contributed by atoms with Gasteiger partial charge in [-0.25, -0.2) is 0 Å². The molecule has 0 spiro atoms. The Balaban J connectivity index is 2.04. The highest BCUT2D eigenvalue weighted by molar-refractivity contribution is 6.35. The van der Waals surface area contributed by atoms with Crippen molar-refractivity contribution in [2.24, 2.45) is 11.7 Å². The van der Waals surface area contributed by atoms with Crippen LogP contribution >= 0.6 is 23.2 Å². The number of hydrogen-bond donors (Lipinski definition) is 2. The molecule has 1 fully saturated rings. The van der Waals surface area contributed by atoms with Gasteiger partial charge in [0.25, 0.3) is 0 Å². The van der Waals surface area contributed by atoms with Gasteiger partial charge in [0.1, 0.15) is 6.04 Å². The van der Waals surface area contributed by atoms with Gasteiger partial charge in [-0.15, -0.1) is 0 Å². The van der Waals surface area contributed by atoms with E-state index in [4.69, 9.17) is 33.7 Å². The maximum Gasteiger partial charge on any atom is 0.240 e. The highest BCUT2D eigenvalue weighted by Crippen LogP contribution is 2.22. The van der Waals surface area contributed by atoms with Gasteiger partial charge >= 0.3 is 0 Å². The van der Waals surface area contributed by atoms with Crippen LogP contribution in [0.15, 0.2) is 18.2 Å². The molecule has 1 aliphatic heterocycles. The molecule has 7 heteroatoms. The van der Waals surface area contributed by atoms with Gasteiger partial charge in [0.15, 0.2) is 0 Å². The fraction of sp³-hybridized carbons (Fsp3) is 0.429. The second-order valence-electron chi connectivity index (χ2n) is 4.96. The quantitative estimate of drug-likeness (QED) is 0.859. The molecule has 2 amide bonds. The summed E-state index contributed by atoms with van der Waals surface area (Å²) < 4.78 is 5.16. The largest absolute Gasteiger partial charge is 0.381 e. The van der Waals surface area contributed by atoms with Crippen LogP contribution in [0.2, 0.25) is 10.0 Å². The zero-order valence-electron chi connectivity index (χ0n) is 11.3. The number of nitrogens with two attached hydrogens (primary N) is 1. The topological polar surface area (TPSA) is 81.4 Å². The van der Waals surface area contributed by atoms with Crippen molar-refractivity contribution in [1.29, 1.82) is 0 Å². The smallest absolute Gasteiger partial charge is 0.240 e. The minimum atomic E-state index is -0.809. The number of carbonyl (C=O) groups is 2. The number of carbonyl (C=O) groups excluding carboxylic acids is 2. The molecule has 1 aromatic carbocycles. The first-order valence-electron chi connectivity index (χ1n) is 6.58. The zero-order chi connectivity index (χ0) is 15.4. The van der Waals surface area contributed by atoms with Gasteiger partial charge in [-0.05, 0) is 24.1 Å². The van der Waals surface area contributed by atoms with Crippen LogP contribution in [0, 0.1) is 5.92 Å². The molecule has 1 saturated heterocycles. The van der Waals surface area contributed by atoms with Crippen LogP contribution in [0.4, 0.5) is 0 Å². The summed E-state index contributed by atoms with van der Waals surface area (Å²) in [6, 6.07) is 4.17. The van der Waals surface area contributed by atoms with Crippen LogP contribution in [0.3, 0.4) is 0 Å². The molecule has 1 aromatic rings. The highest BCUT2D eigenvalue weighted by atomic mass is 35.5. The first kappa shape index (κ1) is 16.1. The molecule has 21 heavy (non-hydrogen) atoms. The minimum Gasteiger partial charge on any atom is -0.381 e. The number of nitrogens with one attached hydrogen (secondary N) is 1. The van der Waals surface area contributed by atoms with Crippen molar-refractivity contribution in [3.8, 4) is 0 Å². The van der Waals surface area contributed by atoms with Gasteiger partial charge in [-0.2, -0.15) is 0 Å². The molecule has 1 aliphatic rings. The normalized spacial score (nSPS) is 19.2. The Morgan fingerprint density at radius 2 is 2.19 bits per heavy atom. The van der Waals surface area contributed by atoms with E-state index in [2.05, 4.69) is 5.32 Å². The average Bonchev–Trinajstić information content (AvgIpc) is 2.94. The summed E-state index contributed by atoms with van der Waals surface area (Å²) in [6.45, 7) is 0.932. The second kappa shape index (κ2) is 7.11. The highest BCUT2D eigenvalue weighted by Gasteiger charge is 2.27. The fourth-order valence-electron chi connectivity index (χ4n) is 2.16. The Labute approximate surface area is 132 Å². The summed E-state index contributed by atoms with van der Waals surface area (Å²) in [7, 11) is 0. The fourth-order valence-corrected chi connectivity index (χ4v) is 2.65. The van der Waals surface area contributed by atoms with Crippen LogP contribution in [-0.2, 0) is 20.7 Å². The molecule has 0 aromatic heterocycles. The van der Waals surface area contributed by atoms with E-state index in [1.54, 1.807) is 18.2 Å². The number of primary amides is 1. The SMILES string of the molecule is NC(=O)[C@@H](Cc1ccc(Cl)cc1Cl)NC(=O)[C@H]1CCOC1. The Morgan fingerprint density at radius 3 is 2.76 bits per heavy atom. The van der Waals surface area contributed by atoms with Gasteiger partial charge in [-0.1, -0.05) is 29.3 Å². The molecular weight excluding hydrogens is 315 g/mol. The van der Waals surface area contributed by atoms with E-state index in [0.29, 0.717) is 35.2 Å². The molecule has 114 valence electrons. The summed E-state index contributed by atoms with van der Waals surface area (Å²) in [6.07, 6.45) is 0.879. The first-order valence-corrected chi connectivity index (χ1v) is 7.34. The van der Waals surface area contributed by atoms with Crippen molar-refractivity contribution >= 4 is 35.0 Å². The summed E-state index contributed by atoms with van der Waals surface area (Å²) in [5.74, 6) is -1.05. The number of halogens is 2. The molecule has 2 atom stereocenters. The third-order valence-electron chi connectivity index (χ3n) is 3.40. The summed E-state index contributed by atoms with van der Waals surface area (Å²) >= 11 is 11.9. The van der Waals surface area contributed by atoms with E-state index < -0.39 is 11.9 Å². The average molecular weight is 331 g/mol. The summed E-state index contributed by atoms with van der Waals surface area (Å²) in [4.78, 5) is 23.6. The van der Waals surface area contributed by atoms with Crippen molar-refractivity contribution < 1.29 is 14.3 Å². The third-order valence-corrected chi connectivity index (χ3v) is 3.99. The van der Waals surface area contributed by atoms with E-state index in [9.17, 15) is 9.59 Å². The van der Waals surface area contributed by atoms with Crippen LogP contribution in [0.25, 0.3) is 0 Å². The van der Waals surface area contributed by atoms with Crippen molar-refractivity contribution in [3.05, 3.63) is 33.8 Å². The van der Waals surface area contributed by atoms with Crippen molar-refractivity contribution in [3.63, 3.8) is 0 Å². The molecule has 2 rings (SSSR count). The number of benzene rings is 1. The Bertz CT molecular complexity index is 545. The Morgan fingerprint density at radius 1 is 1.43 bits per heavy atom. The van der Waals surface area contributed by atoms with Crippen LogP contribution in [0.1, 0.15) is 12.0 Å². The maximum atomic E-state index is 12.0. The van der Waals surface area contributed by atoms with E-state index in [1.807, 2.05) is 0 Å². The molecular formula is C14H16Cl2N2O3. The van der Waals surface area contributed by atoms with Crippen LogP contribution < -0.4 is 11.1 Å². The molecule has 0 saturated carbocycles. The van der Waals surface area contributed by atoms with Crippen molar-refractivity contribution in [2.75, 3.05) is 13.2 Å². The molecule has 0 unspecified atom stereocenters. The molecule has 0 radical (unpaired) electrons. The van der Waals surface area contributed by atoms with Gasteiger partial charge in [0, 0.05) is 23.1 Å². The minimum absolute atomic E-state index is 0.221. The predicted octanol–water partition coefficient (Wildman–Crippen LogP) is 1.54. The number of amides is 2. The van der Waals surface area contributed by atoms with Crippen LogP contribution in [-0.4, -0.2) is 31.1 Å². The Kier molecular flexibility index (Phi) is 5.45. The van der Waals surface area contributed by atoms with Crippen molar-refractivity contribution in [1.82, 2.24) is 5.32 Å². The lowest BCUT2D eigenvalue weighted by atomic mass is 10.0. The second-order valence-corrected chi connectivity index (χ2v) is 5.81. The van der Waals surface area contributed by atoms with E-state index in [-0.39, 0.29) is 18.2 Å². The number of hydrogen-bond acceptors (Lipinski definition) is 3. The van der Waals surface area contributed by atoms with E-state index in [0.717, 1.165) is 0 Å². The van der Waals surface area contributed by atoms with E-state index >= 15 is 0 Å². The third kappa shape index (κ3) is 4.33. The molecule has 0 bridgehead atoms. The maximum absolute atomic E-state index is 12.0. The number of ether oxygens (including phenoxy) is 1. The van der Waals surface area contributed by atoms with Gasteiger partial charge in [0.2, 0.25) is 11.8 Å². The molecule has 3 N–H and O–H groups in total. The van der Waals surface area contributed by atoms with E-state index in [1.165, 1.54) is 0 Å².